The van der Waals surface area contributed by atoms with Gasteiger partial charge in [-0.05, 0) is 42.9 Å². The highest BCUT2D eigenvalue weighted by Gasteiger charge is 2.23. The van der Waals surface area contributed by atoms with Crippen molar-refractivity contribution < 1.29 is 9.59 Å². The summed E-state index contributed by atoms with van der Waals surface area (Å²) in [5, 5.41) is 0. The number of amides is 2. The summed E-state index contributed by atoms with van der Waals surface area (Å²) < 4.78 is 0. The van der Waals surface area contributed by atoms with E-state index < -0.39 is 0 Å². The van der Waals surface area contributed by atoms with Crippen molar-refractivity contribution in [1.82, 2.24) is 4.90 Å². The van der Waals surface area contributed by atoms with Gasteiger partial charge in [0.25, 0.3) is 0 Å². The maximum absolute atomic E-state index is 12.2. The van der Waals surface area contributed by atoms with E-state index in [2.05, 4.69) is 0 Å². The number of rotatable bonds is 5. The van der Waals surface area contributed by atoms with Crippen molar-refractivity contribution in [1.29, 1.82) is 0 Å². The predicted molar refractivity (Wildman–Crippen MR) is 82.3 cm³/mol. The molecule has 1 aromatic rings. The molecule has 1 aliphatic rings. The van der Waals surface area contributed by atoms with Crippen LogP contribution in [0.2, 0.25) is 0 Å². The molecule has 2 rings (SSSR count). The smallest absolute Gasteiger partial charge is 0.222 e. The van der Waals surface area contributed by atoms with Crippen LogP contribution in [-0.4, -0.2) is 29.8 Å². The van der Waals surface area contributed by atoms with Gasteiger partial charge in [-0.25, -0.2) is 0 Å². The highest BCUT2D eigenvalue weighted by Crippen LogP contribution is 2.21. The number of hydrogen-bond donors (Lipinski definition) is 2. The Morgan fingerprint density at radius 2 is 1.76 bits per heavy atom. The van der Waals surface area contributed by atoms with Crippen molar-refractivity contribution in [2.24, 2.45) is 11.7 Å². The third kappa shape index (κ3) is 4.77. The van der Waals surface area contributed by atoms with Crippen LogP contribution in [0.1, 0.15) is 31.2 Å². The maximum Gasteiger partial charge on any atom is 0.222 e. The van der Waals surface area contributed by atoms with Crippen LogP contribution in [0.4, 0.5) is 5.69 Å². The maximum atomic E-state index is 12.2. The van der Waals surface area contributed by atoms with E-state index >= 15 is 0 Å². The molecule has 0 spiro atoms. The third-order valence-corrected chi connectivity index (χ3v) is 4.06. The van der Waals surface area contributed by atoms with Crippen molar-refractivity contribution in [3.05, 3.63) is 29.8 Å². The van der Waals surface area contributed by atoms with E-state index in [4.69, 9.17) is 11.5 Å². The molecule has 114 valence electrons. The summed E-state index contributed by atoms with van der Waals surface area (Å²) in [7, 11) is 0. The first-order valence-corrected chi connectivity index (χ1v) is 7.45. The van der Waals surface area contributed by atoms with Crippen molar-refractivity contribution in [2.45, 2.75) is 32.1 Å². The van der Waals surface area contributed by atoms with Gasteiger partial charge in [-0.1, -0.05) is 12.1 Å². The van der Waals surface area contributed by atoms with Crippen molar-refractivity contribution in [2.75, 3.05) is 18.8 Å². The Morgan fingerprint density at radius 3 is 2.33 bits per heavy atom. The Labute approximate surface area is 125 Å². The number of anilines is 1. The zero-order valence-electron chi connectivity index (χ0n) is 12.3. The Hall–Kier alpha value is -2.04. The largest absolute Gasteiger partial charge is 0.399 e. The lowest BCUT2D eigenvalue weighted by Gasteiger charge is -2.31. The number of carbonyl (C=O) groups excluding carboxylic acids is 2. The molecule has 1 aromatic carbocycles. The molecule has 1 aliphatic heterocycles. The highest BCUT2D eigenvalue weighted by molar-refractivity contribution is 5.77. The number of nitrogens with zero attached hydrogens (tertiary/aromatic N) is 1. The molecular formula is C16H23N3O2. The average Bonchev–Trinajstić information content (AvgIpc) is 2.46. The second kappa shape index (κ2) is 7.11. The number of carbonyl (C=O) groups is 2. The minimum absolute atomic E-state index is 0.185. The van der Waals surface area contributed by atoms with E-state index in [1.165, 1.54) is 0 Å². The van der Waals surface area contributed by atoms with E-state index in [9.17, 15) is 9.59 Å². The lowest BCUT2D eigenvalue weighted by molar-refractivity contribution is -0.132. The molecule has 1 fully saturated rings. The molecule has 5 nitrogen and oxygen atoms in total. The van der Waals surface area contributed by atoms with Crippen LogP contribution >= 0.6 is 0 Å². The van der Waals surface area contributed by atoms with Crippen LogP contribution in [0.15, 0.2) is 24.3 Å². The minimum atomic E-state index is -0.247. The number of nitrogens with two attached hydrogens (primary N) is 2. The van der Waals surface area contributed by atoms with Crippen LogP contribution in [0.5, 0.6) is 0 Å². The zero-order valence-corrected chi connectivity index (χ0v) is 12.3. The molecule has 1 saturated heterocycles. The standard InChI is InChI=1S/C16H23N3O2/c17-14-4-1-12(2-5-14)3-6-16(21)19-9-7-13(8-10-19)11-15(18)20/h1-2,4-5,13H,3,6-11,17H2,(H2,18,20). The summed E-state index contributed by atoms with van der Waals surface area (Å²) in [6.45, 7) is 1.47. The van der Waals surface area contributed by atoms with Gasteiger partial charge in [-0.3, -0.25) is 9.59 Å². The van der Waals surface area contributed by atoms with E-state index in [0.717, 1.165) is 43.6 Å². The molecule has 0 bridgehead atoms. The fraction of sp³-hybridized carbons (Fsp3) is 0.500. The van der Waals surface area contributed by atoms with Crippen LogP contribution in [0, 0.1) is 5.92 Å². The summed E-state index contributed by atoms with van der Waals surface area (Å²) in [5.74, 6) is 0.274. The quantitative estimate of drug-likeness (QED) is 0.801. The third-order valence-electron chi connectivity index (χ3n) is 4.06. The van der Waals surface area contributed by atoms with E-state index in [0.29, 0.717) is 18.8 Å². The summed E-state index contributed by atoms with van der Waals surface area (Å²) in [6.07, 6.45) is 3.44. The highest BCUT2D eigenvalue weighted by atomic mass is 16.2. The van der Waals surface area contributed by atoms with Gasteiger partial charge in [-0.2, -0.15) is 0 Å². The molecule has 0 aromatic heterocycles. The zero-order chi connectivity index (χ0) is 15.2. The molecule has 2 amide bonds. The number of primary amides is 1. The molecule has 0 aliphatic carbocycles. The number of hydrogen-bond acceptors (Lipinski definition) is 3. The first-order valence-electron chi connectivity index (χ1n) is 7.45. The molecule has 0 radical (unpaired) electrons. The molecule has 1 heterocycles. The number of likely N-dealkylation sites (tertiary alicyclic amines) is 1. The van der Waals surface area contributed by atoms with Gasteiger partial charge in [0.2, 0.25) is 11.8 Å². The lowest BCUT2D eigenvalue weighted by Crippen LogP contribution is -2.39. The summed E-state index contributed by atoms with van der Waals surface area (Å²) in [4.78, 5) is 25.0. The predicted octanol–water partition coefficient (Wildman–Crippen LogP) is 1.32. The fourth-order valence-corrected chi connectivity index (χ4v) is 2.76. The Kier molecular flexibility index (Phi) is 5.20. The topological polar surface area (TPSA) is 89.4 Å². The molecule has 5 heteroatoms. The van der Waals surface area contributed by atoms with Crippen LogP contribution in [0.25, 0.3) is 0 Å². The van der Waals surface area contributed by atoms with Crippen molar-refractivity contribution in [3.8, 4) is 0 Å². The summed E-state index contributed by atoms with van der Waals surface area (Å²) in [5.41, 5.74) is 12.7. The van der Waals surface area contributed by atoms with Crippen molar-refractivity contribution in [3.63, 3.8) is 0 Å². The molecular weight excluding hydrogens is 266 g/mol. The monoisotopic (exact) mass is 289 g/mol. The average molecular weight is 289 g/mol. The van der Waals surface area contributed by atoms with Gasteiger partial charge in [0.05, 0.1) is 0 Å². The molecule has 0 saturated carbocycles. The SMILES string of the molecule is NC(=O)CC1CCN(C(=O)CCc2ccc(N)cc2)CC1. The van der Waals surface area contributed by atoms with Gasteiger partial charge in [0, 0.05) is 31.6 Å². The van der Waals surface area contributed by atoms with Gasteiger partial charge >= 0.3 is 0 Å². The van der Waals surface area contributed by atoms with Gasteiger partial charge in [-0.15, -0.1) is 0 Å². The van der Waals surface area contributed by atoms with Gasteiger partial charge < -0.3 is 16.4 Å². The van der Waals surface area contributed by atoms with Gasteiger partial charge in [0.15, 0.2) is 0 Å². The summed E-state index contributed by atoms with van der Waals surface area (Å²) >= 11 is 0. The van der Waals surface area contributed by atoms with Crippen LogP contribution in [0.3, 0.4) is 0 Å². The van der Waals surface area contributed by atoms with Crippen LogP contribution < -0.4 is 11.5 Å². The lowest BCUT2D eigenvalue weighted by atomic mass is 9.93. The minimum Gasteiger partial charge on any atom is -0.399 e. The molecule has 4 N–H and O–H groups in total. The molecule has 0 atom stereocenters. The first kappa shape index (κ1) is 15.4. The summed E-state index contributed by atoms with van der Waals surface area (Å²) in [6, 6.07) is 7.63. The Bertz CT molecular complexity index is 491. The normalized spacial score (nSPS) is 15.9. The van der Waals surface area contributed by atoms with Crippen LogP contribution in [-0.2, 0) is 16.0 Å². The second-order valence-corrected chi connectivity index (χ2v) is 5.74. The number of aryl methyl sites for hydroxylation is 1. The molecule has 0 unspecified atom stereocenters. The fourth-order valence-electron chi connectivity index (χ4n) is 2.76. The Balaban J connectivity index is 1.74. The molecule has 21 heavy (non-hydrogen) atoms. The van der Waals surface area contributed by atoms with Gasteiger partial charge in [0.1, 0.15) is 0 Å². The number of nitrogen functional groups attached to an aromatic ring is 1. The van der Waals surface area contributed by atoms with E-state index in [-0.39, 0.29) is 11.8 Å². The van der Waals surface area contributed by atoms with E-state index in [1.807, 2.05) is 29.2 Å². The van der Waals surface area contributed by atoms with E-state index in [1.54, 1.807) is 0 Å². The number of piperidine rings is 1. The Morgan fingerprint density at radius 1 is 1.14 bits per heavy atom. The second-order valence-electron chi connectivity index (χ2n) is 5.74. The first-order chi connectivity index (χ1) is 10.0. The number of benzene rings is 1. The van der Waals surface area contributed by atoms with Crippen molar-refractivity contribution >= 4 is 17.5 Å².